The molecule has 0 atom stereocenters. The van der Waals surface area contributed by atoms with Gasteiger partial charge in [0.1, 0.15) is 0 Å². The molecule has 2 rings (SSSR count). The lowest BCUT2D eigenvalue weighted by Gasteiger charge is -2.05. The van der Waals surface area contributed by atoms with Crippen LogP contribution in [0.4, 0.5) is 8.78 Å². The number of alkyl halides is 2. The zero-order valence-electron chi connectivity index (χ0n) is 11.0. The maximum Gasteiger partial charge on any atom is 0.263 e. The lowest BCUT2D eigenvalue weighted by molar-refractivity contribution is 0.151. The molecule has 2 aromatic rings. The second kappa shape index (κ2) is 6.26. The fraction of sp³-hybridized carbons (Fsp3) is 0.333. The van der Waals surface area contributed by atoms with Crippen molar-refractivity contribution in [1.82, 2.24) is 5.32 Å². The van der Waals surface area contributed by atoms with Crippen LogP contribution in [0.5, 0.6) is 0 Å². The molecule has 0 bridgehead atoms. The summed E-state index contributed by atoms with van der Waals surface area (Å²) < 4.78 is 24.8. The van der Waals surface area contributed by atoms with Gasteiger partial charge in [-0.05, 0) is 31.0 Å². The normalized spacial score (nSPS) is 11.2. The molecule has 0 saturated carbocycles. The van der Waals surface area contributed by atoms with Crippen molar-refractivity contribution < 1.29 is 8.78 Å². The van der Waals surface area contributed by atoms with Crippen molar-refractivity contribution in [3.8, 4) is 0 Å². The average molecular weight is 281 g/mol. The summed E-state index contributed by atoms with van der Waals surface area (Å²) in [6.45, 7) is 5.74. The Kier molecular flexibility index (Phi) is 4.66. The van der Waals surface area contributed by atoms with Crippen LogP contribution >= 0.6 is 11.3 Å². The molecule has 19 heavy (non-hydrogen) atoms. The molecule has 1 heterocycles. The second-order valence-corrected chi connectivity index (χ2v) is 5.94. The van der Waals surface area contributed by atoms with E-state index in [1.54, 1.807) is 23.5 Å². The first-order valence-electron chi connectivity index (χ1n) is 6.20. The molecule has 0 aliphatic heterocycles. The largest absolute Gasteiger partial charge is 0.308 e. The number of aryl methyl sites for hydroxylation is 2. The highest BCUT2D eigenvalue weighted by molar-refractivity contribution is 7.12. The molecular weight excluding hydrogens is 264 g/mol. The Morgan fingerprint density at radius 3 is 2.32 bits per heavy atom. The summed E-state index contributed by atoms with van der Waals surface area (Å²) in [5, 5.41) is 3.33. The van der Waals surface area contributed by atoms with Gasteiger partial charge in [-0.25, -0.2) is 8.78 Å². The van der Waals surface area contributed by atoms with Crippen LogP contribution in [-0.2, 0) is 13.1 Å². The van der Waals surface area contributed by atoms with Gasteiger partial charge in [-0.2, -0.15) is 0 Å². The molecule has 0 unspecified atom stereocenters. The quantitative estimate of drug-likeness (QED) is 0.845. The summed E-state index contributed by atoms with van der Waals surface area (Å²) in [5.41, 5.74) is 2.42. The van der Waals surface area contributed by atoms with E-state index in [4.69, 9.17) is 0 Å². The number of thiophene rings is 1. The van der Waals surface area contributed by atoms with Crippen LogP contribution in [0.3, 0.4) is 0 Å². The van der Waals surface area contributed by atoms with Crippen LogP contribution in [0.15, 0.2) is 30.3 Å². The zero-order valence-corrected chi connectivity index (χ0v) is 11.9. The van der Waals surface area contributed by atoms with E-state index < -0.39 is 6.43 Å². The molecule has 0 aliphatic rings. The van der Waals surface area contributed by atoms with E-state index >= 15 is 0 Å². The average Bonchev–Trinajstić information content (AvgIpc) is 2.69. The van der Waals surface area contributed by atoms with Crippen LogP contribution < -0.4 is 5.32 Å². The Labute approximate surface area is 116 Å². The van der Waals surface area contributed by atoms with E-state index in [-0.39, 0.29) is 5.56 Å². The number of hydrogen-bond donors (Lipinski definition) is 1. The van der Waals surface area contributed by atoms with Crippen LogP contribution in [0, 0.1) is 13.8 Å². The van der Waals surface area contributed by atoms with Crippen molar-refractivity contribution in [3.63, 3.8) is 0 Å². The molecule has 0 radical (unpaired) electrons. The minimum Gasteiger partial charge on any atom is -0.308 e. The van der Waals surface area contributed by atoms with Gasteiger partial charge >= 0.3 is 0 Å². The minimum absolute atomic E-state index is 0.0771. The van der Waals surface area contributed by atoms with Crippen LogP contribution in [0.25, 0.3) is 0 Å². The molecule has 1 N–H and O–H groups in total. The van der Waals surface area contributed by atoms with Gasteiger partial charge in [-0.15, -0.1) is 11.3 Å². The summed E-state index contributed by atoms with van der Waals surface area (Å²) in [6, 6.07) is 8.66. The third kappa shape index (κ3) is 3.85. The van der Waals surface area contributed by atoms with Crippen molar-refractivity contribution in [2.45, 2.75) is 33.4 Å². The first kappa shape index (κ1) is 14.2. The highest BCUT2D eigenvalue weighted by atomic mass is 32.1. The summed E-state index contributed by atoms with van der Waals surface area (Å²) in [4.78, 5) is 2.65. The fourth-order valence-electron chi connectivity index (χ4n) is 1.85. The molecule has 4 heteroatoms. The lowest BCUT2D eigenvalue weighted by Crippen LogP contribution is -2.11. The van der Waals surface area contributed by atoms with Gasteiger partial charge in [0.15, 0.2) is 0 Å². The molecule has 0 saturated heterocycles. The smallest absolute Gasteiger partial charge is 0.263 e. The predicted octanol–water partition coefficient (Wildman–Crippen LogP) is 4.59. The Bertz CT molecular complexity index is 512. The Morgan fingerprint density at radius 2 is 1.79 bits per heavy atom. The maximum atomic E-state index is 12.4. The van der Waals surface area contributed by atoms with E-state index in [1.165, 1.54) is 27.5 Å². The zero-order chi connectivity index (χ0) is 13.8. The number of nitrogens with one attached hydrogen (secondary N) is 1. The summed E-state index contributed by atoms with van der Waals surface area (Å²) in [7, 11) is 0. The first-order chi connectivity index (χ1) is 9.06. The van der Waals surface area contributed by atoms with Crippen LogP contribution in [-0.4, -0.2) is 0 Å². The van der Waals surface area contributed by atoms with Crippen molar-refractivity contribution in [2.75, 3.05) is 0 Å². The van der Waals surface area contributed by atoms with Crippen molar-refractivity contribution in [3.05, 3.63) is 56.8 Å². The topological polar surface area (TPSA) is 12.0 Å². The maximum absolute atomic E-state index is 12.4. The Balaban J connectivity index is 1.85. The lowest BCUT2D eigenvalue weighted by atomic mass is 10.1. The third-order valence-electron chi connectivity index (χ3n) is 3.08. The van der Waals surface area contributed by atoms with E-state index in [1.807, 2.05) is 0 Å². The van der Waals surface area contributed by atoms with Gasteiger partial charge in [-0.1, -0.05) is 24.3 Å². The van der Waals surface area contributed by atoms with Gasteiger partial charge < -0.3 is 5.32 Å². The first-order valence-corrected chi connectivity index (χ1v) is 7.01. The monoisotopic (exact) mass is 281 g/mol. The molecule has 0 spiro atoms. The van der Waals surface area contributed by atoms with Gasteiger partial charge in [0, 0.05) is 28.4 Å². The molecule has 1 aromatic heterocycles. The van der Waals surface area contributed by atoms with E-state index in [2.05, 4.69) is 25.2 Å². The Hall–Kier alpha value is -1.26. The molecule has 102 valence electrons. The molecular formula is C15H17F2NS. The highest BCUT2D eigenvalue weighted by Crippen LogP contribution is 2.21. The molecule has 0 amide bonds. The summed E-state index contributed by atoms with van der Waals surface area (Å²) in [5.74, 6) is 0. The van der Waals surface area contributed by atoms with Crippen molar-refractivity contribution in [1.29, 1.82) is 0 Å². The number of hydrogen-bond acceptors (Lipinski definition) is 2. The number of benzene rings is 1. The van der Waals surface area contributed by atoms with Gasteiger partial charge in [-0.3, -0.25) is 0 Å². The van der Waals surface area contributed by atoms with Crippen molar-refractivity contribution >= 4 is 11.3 Å². The van der Waals surface area contributed by atoms with E-state index in [0.717, 1.165) is 12.1 Å². The third-order valence-corrected chi connectivity index (χ3v) is 4.23. The predicted molar refractivity (Wildman–Crippen MR) is 75.7 cm³/mol. The minimum atomic E-state index is -2.39. The molecule has 1 aromatic carbocycles. The van der Waals surface area contributed by atoms with Gasteiger partial charge in [0.2, 0.25) is 0 Å². The fourth-order valence-corrected chi connectivity index (χ4v) is 2.87. The highest BCUT2D eigenvalue weighted by Gasteiger charge is 2.06. The number of rotatable bonds is 5. The number of halogens is 2. The summed E-state index contributed by atoms with van der Waals surface area (Å²) >= 11 is 1.79. The van der Waals surface area contributed by atoms with Crippen molar-refractivity contribution in [2.24, 2.45) is 0 Å². The molecule has 0 fully saturated rings. The standard InChI is InChI=1S/C15H17F2NS/c1-10-7-14(19-11(10)2)9-18-8-12-3-5-13(6-4-12)15(16)17/h3-7,15,18H,8-9H2,1-2H3. The van der Waals surface area contributed by atoms with Crippen LogP contribution in [0.1, 0.15) is 32.9 Å². The SMILES string of the molecule is Cc1cc(CNCc2ccc(C(F)F)cc2)sc1C. The van der Waals surface area contributed by atoms with Gasteiger partial charge in [0.25, 0.3) is 6.43 Å². The van der Waals surface area contributed by atoms with E-state index in [0.29, 0.717) is 6.54 Å². The summed E-state index contributed by atoms with van der Waals surface area (Å²) in [6.07, 6.45) is -2.39. The molecule has 0 aliphatic carbocycles. The molecule has 1 nitrogen and oxygen atoms in total. The van der Waals surface area contributed by atoms with Gasteiger partial charge in [0.05, 0.1) is 0 Å². The Morgan fingerprint density at radius 1 is 1.11 bits per heavy atom. The second-order valence-electron chi connectivity index (χ2n) is 4.60. The van der Waals surface area contributed by atoms with E-state index in [9.17, 15) is 8.78 Å². The van der Waals surface area contributed by atoms with Crippen LogP contribution in [0.2, 0.25) is 0 Å².